The highest BCUT2D eigenvalue weighted by Crippen LogP contribution is 2.33. The third-order valence-electron chi connectivity index (χ3n) is 5.84. The van der Waals surface area contributed by atoms with Crippen LogP contribution in [0.5, 0.6) is 0 Å². The van der Waals surface area contributed by atoms with Crippen LogP contribution in [0.2, 0.25) is 0 Å². The molecule has 0 radical (unpaired) electrons. The molecule has 0 bridgehead atoms. The maximum Gasteiger partial charge on any atom is 0.225 e. The molecule has 1 amide bonds. The van der Waals surface area contributed by atoms with Gasteiger partial charge in [0, 0.05) is 51.2 Å². The number of likely N-dealkylation sites (N-methyl/N-ethyl adjacent to an activating group) is 2. The lowest BCUT2D eigenvalue weighted by Gasteiger charge is -2.51. The molecule has 150 valence electrons. The smallest absolute Gasteiger partial charge is 0.225 e. The summed E-state index contributed by atoms with van der Waals surface area (Å²) in [7, 11) is 5.03. The minimum absolute atomic E-state index is 0.171. The summed E-state index contributed by atoms with van der Waals surface area (Å²) in [6.07, 6.45) is 7.21. The van der Waals surface area contributed by atoms with E-state index >= 15 is 0 Å². The fraction of sp³-hybridized carbons (Fsp3) is 0.842. The number of amides is 1. The van der Waals surface area contributed by atoms with Gasteiger partial charge in [0.15, 0.2) is 0 Å². The molecule has 1 N–H and O–H groups in total. The summed E-state index contributed by atoms with van der Waals surface area (Å²) in [5.74, 6) is 0.515. The predicted octanol–water partition coefficient (Wildman–Crippen LogP) is 0.408. The van der Waals surface area contributed by atoms with Gasteiger partial charge in [-0.3, -0.25) is 14.6 Å². The Labute approximate surface area is 157 Å². The van der Waals surface area contributed by atoms with Crippen LogP contribution in [-0.2, 0) is 14.4 Å². The average molecular weight is 370 g/mol. The summed E-state index contributed by atoms with van der Waals surface area (Å²) >= 11 is 0. The monoisotopic (exact) mass is 369 g/mol. The number of carbonyl (C=O) groups excluding carboxylic acids is 3. The molecule has 2 aliphatic rings. The summed E-state index contributed by atoms with van der Waals surface area (Å²) in [6, 6.07) is 0. The van der Waals surface area contributed by atoms with Gasteiger partial charge in [0.05, 0.1) is 6.54 Å². The van der Waals surface area contributed by atoms with Gasteiger partial charge in [-0.2, -0.15) is 0 Å². The van der Waals surface area contributed by atoms with E-state index in [1.54, 1.807) is 0 Å². The first-order valence-corrected chi connectivity index (χ1v) is 9.53. The highest BCUT2D eigenvalue weighted by molar-refractivity contribution is 5.79. The molecule has 1 aliphatic heterocycles. The van der Waals surface area contributed by atoms with Crippen molar-refractivity contribution in [2.75, 3.05) is 53.9 Å². The number of nitrogens with zero attached hydrogens (tertiary/aromatic N) is 3. The maximum atomic E-state index is 12.7. The minimum Gasteiger partial charge on any atom is -0.400 e. The number of hydrogen-bond donors (Lipinski definition) is 1. The number of carbonyl (C=O) groups is 3. The van der Waals surface area contributed by atoms with Crippen molar-refractivity contribution in [3.8, 4) is 0 Å². The van der Waals surface area contributed by atoms with Crippen LogP contribution in [0.3, 0.4) is 0 Å². The summed E-state index contributed by atoms with van der Waals surface area (Å²) in [4.78, 5) is 40.7. The number of rotatable bonds is 9. The summed E-state index contributed by atoms with van der Waals surface area (Å²) in [6.45, 7) is 3.51. The molecule has 1 aliphatic carbocycles. The lowest BCUT2D eigenvalue weighted by molar-refractivity contribution is -0.144. The van der Waals surface area contributed by atoms with Gasteiger partial charge in [-0.25, -0.2) is 0 Å². The standard InChI is InChI=1S/C18H31N3O3.CH4O/c1-19(12-14-23)9-8-18(7-4-13-22)15-21(11-10-20(18)2)17(24)16-5-3-6-16;1-2/h13-14,16H,3-12,15H2,1-2H3;2H,1H3. The molecule has 2 rings (SSSR count). The van der Waals surface area contributed by atoms with Gasteiger partial charge < -0.3 is 19.6 Å². The molecular formula is C19H35N3O4. The van der Waals surface area contributed by atoms with Gasteiger partial charge in [-0.05, 0) is 39.8 Å². The van der Waals surface area contributed by atoms with Crippen molar-refractivity contribution in [1.29, 1.82) is 0 Å². The Balaban J connectivity index is 0.00000163. The predicted molar refractivity (Wildman–Crippen MR) is 101 cm³/mol. The van der Waals surface area contributed by atoms with Crippen LogP contribution in [0.15, 0.2) is 0 Å². The lowest BCUT2D eigenvalue weighted by Crippen LogP contribution is -2.63. The van der Waals surface area contributed by atoms with Crippen LogP contribution in [0, 0.1) is 5.92 Å². The Kier molecular flexibility index (Phi) is 9.98. The Morgan fingerprint density at radius 2 is 1.88 bits per heavy atom. The van der Waals surface area contributed by atoms with Gasteiger partial charge >= 0.3 is 0 Å². The largest absolute Gasteiger partial charge is 0.400 e. The molecular weight excluding hydrogens is 334 g/mol. The van der Waals surface area contributed by atoms with Gasteiger partial charge in [0.25, 0.3) is 0 Å². The van der Waals surface area contributed by atoms with E-state index in [2.05, 4.69) is 11.9 Å². The zero-order valence-electron chi connectivity index (χ0n) is 16.5. The van der Waals surface area contributed by atoms with Crippen LogP contribution in [0.1, 0.15) is 38.5 Å². The second-order valence-electron chi connectivity index (χ2n) is 7.42. The molecule has 0 spiro atoms. The van der Waals surface area contributed by atoms with Crippen LogP contribution >= 0.6 is 0 Å². The molecule has 7 heteroatoms. The van der Waals surface area contributed by atoms with E-state index in [1.807, 2.05) is 16.8 Å². The molecule has 0 aromatic heterocycles. The second-order valence-corrected chi connectivity index (χ2v) is 7.42. The summed E-state index contributed by atoms with van der Waals surface area (Å²) in [5, 5.41) is 7.00. The second kappa shape index (κ2) is 11.4. The van der Waals surface area contributed by atoms with E-state index in [4.69, 9.17) is 5.11 Å². The first kappa shape index (κ1) is 22.7. The maximum absolute atomic E-state index is 12.7. The first-order chi connectivity index (χ1) is 12.5. The fourth-order valence-electron chi connectivity index (χ4n) is 3.77. The van der Waals surface area contributed by atoms with Gasteiger partial charge in [-0.1, -0.05) is 6.42 Å². The molecule has 0 aromatic carbocycles. The van der Waals surface area contributed by atoms with Gasteiger partial charge in [0.1, 0.15) is 12.6 Å². The molecule has 26 heavy (non-hydrogen) atoms. The number of aliphatic hydroxyl groups is 1. The quantitative estimate of drug-likeness (QED) is 0.593. The van der Waals surface area contributed by atoms with E-state index in [0.29, 0.717) is 25.4 Å². The van der Waals surface area contributed by atoms with Gasteiger partial charge in [0.2, 0.25) is 5.91 Å². The minimum atomic E-state index is -0.171. The van der Waals surface area contributed by atoms with Crippen molar-refractivity contribution in [3.63, 3.8) is 0 Å². The van der Waals surface area contributed by atoms with Crippen molar-refractivity contribution in [2.24, 2.45) is 5.92 Å². The molecule has 0 aromatic rings. The number of aliphatic hydroxyl groups excluding tert-OH is 1. The Morgan fingerprint density at radius 3 is 2.42 bits per heavy atom. The molecule has 2 fully saturated rings. The van der Waals surface area contributed by atoms with E-state index in [9.17, 15) is 14.4 Å². The average Bonchev–Trinajstić information content (AvgIpc) is 2.60. The molecule has 1 unspecified atom stereocenters. The van der Waals surface area contributed by atoms with Crippen LogP contribution in [-0.4, -0.2) is 97.8 Å². The van der Waals surface area contributed by atoms with E-state index in [-0.39, 0.29) is 11.5 Å². The van der Waals surface area contributed by atoms with Crippen LogP contribution in [0.4, 0.5) is 0 Å². The molecule has 1 saturated carbocycles. The molecule has 1 heterocycles. The molecule has 1 atom stereocenters. The first-order valence-electron chi connectivity index (χ1n) is 9.53. The molecule has 7 nitrogen and oxygen atoms in total. The van der Waals surface area contributed by atoms with Crippen LogP contribution < -0.4 is 0 Å². The SMILES string of the molecule is CN(CC=O)CCC1(CCC=O)CN(C(=O)C2CCC2)CCN1C.CO. The highest BCUT2D eigenvalue weighted by Gasteiger charge is 2.42. The van der Waals surface area contributed by atoms with E-state index < -0.39 is 0 Å². The normalized spacial score (nSPS) is 23.8. The number of aldehydes is 2. The van der Waals surface area contributed by atoms with Crippen LogP contribution in [0.25, 0.3) is 0 Å². The Morgan fingerprint density at radius 1 is 1.19 bits per heavy atom. The third kappa shape index (κ3) is 5.86. The lowest BCUT2D eigenvalue weighted by atomic mass is 9.81. The van der Waals surface area contributed by atoms with Gasteiger partial charge in [-0.15, -0.1) is 0 Å². The zero-order valence-corrected chi connectivity index (χ0v) is 16.5. The highest BCUT2D eigenvalue weighted by atomic mass is 16.2. The summed E-state index contributed by atoms with van der Waals surface area (Å²) < 4.78 is 0. The number of hydrogen-bond acceptors (Lipinski definition) is 6. The molecule has 1 saturated heterocycles. The Bertz CT molecular complexity index is 456. The summed E-state index contributed by atoms with van der Waals surface area (Å²) in [5.41, 5.74) is -0.171. The van der Waals surface area contributed by atoms with E-state index in [0.717, 1.165) is 71.4 Å². The van der Waals surface area contributed by atoms with Crippen molar-refractivity contribution in [3.05, 3.63) is 0 Å². The Hall–Kier alpha value is -1.31. The van der Waals surface area contributed by atoms with Crippen molar-refractivity contribution < 1.29 is 19.5 Å². The topological polar surface area (TPSA) is 81.2 Å². The third-order valence-corrected chi connectivity index (χ3v) is 5.84. The van der Waals surface area contributed by atoms with E-state index in [1.165, 1.54) is 0 Å². The van der Waals surface area contributed by atoms with Crippen molar-refractivity contribution in [1.82, 2.24) is 14.7 Å². The van der Waals surface area contributed by atoms with Crippen molar-refractivity contribution in [2.45, 2.75) is 44.1 Å². The zero-order chi connectivity index (χ0) is 19.6. The fourth-order valence-corrected chi connectivity index (χ4v) is 3.77. The number of piperazine rings is 1. The van der Waals surface area contributed by atoms with Crippen molar-refractivity contribution >= 4 is 18.5 Å².